The van der Waals surface area contributed by atoms with Gasteiger partial charge in [-0.25, -0.2) is 17.9 Å². The predicted octanol–water partition coefficient (Wildman–Crippen LogP) is 1.14. The molecule has 0 saturated heterocycles. The summed E-state index contributed by atoms with van der Waals surface area (Å²) in [5.74, 6) is 0. The van der Waals surface area contributed by atoms with Crippen molar-refractivity contribution in [2.45, 2.75) is 36.3 Å². The van der Waals surface area contributed by atoms with E-state index in [0.717, 1.165) is 0 Å². The van der Waals surface area contributed by atoms with E-state index in [1.165, 1.54) is 12.3 Å². The van der Waals surface area contributed by atoms with Gasteiger partial charge in [-0.2, -0.15) is 0 Å². The molecule has 1 fully saturated rings. The Bertz CT molecular complexity index is 832. The first-order valence-corrected chi connectivity index (χ1v) is 8.78. The molecule has 7 nitrogen and oxygen atoms in total. The molecule has 3 N–H and O–H groups in total. The third-order valence-electron chi connectivity index (χ3n) is 3.90. The molecule has 23 heavy (non-hydrogen) atoms. The molecule has 1 aromatic heterocycles. The second-order valence-electron chi connectivity index (χ2n) is 5.60. The maximum Gasteiger partial charge on any atom is 0.328 e. The van der Waals surface area contributed by atoms with Crippen molar-refractivity contribution >= 4 is 26.8 Å². The lowest BCUT2D eigenvalue weighted by Gasteiger charge is -2.14. The minimum Gasteiger partial charge on any atom is -0.393 e. The average molecular weight is 335 g/mol. The fourth-order valence-electron chi connectivity index (χ4n) is 2.81. The van der Waals surface area contributed by atoms with Crippen LogP contribution in [0.5, 0.6) is 0 Å². The van der Waals surface area contributed by atoms with E-state index in [9.17, 15) is 18.3 Å². The molecule has 1 saturated carbocycles. The van der Waals surface area contributed by atoms with Crippen molar-refractivity contribution in [2.75, 3.05) is 0 Å². The Labute approximate surface area is 133 Å². The van der Waals surface area contributed by atoms with Gasteiger partial charge in [0.25, 0.3) is 10.0 Å². The van der Waals surface area contributed by atoms with Crippen LogP contribution >= 0.6 is 0 Å². The summed E-state index contributed by atoms with van der Waals surface area (Å²) in [5, 5.41) is 13.2. The third kappa shape index (κ3) is 3.43. The number of benzene rings is 1. The number of aliphatic hydroxyl groups is 1. The Morgan fingerprint density at radius 2 is 2.09 bits per heavy atom. The minimum absolute atomic E-state index is 0.0269. The van der Waals surface area contributed by atoms with Crippen molar-refractivity contribution in [1.82, 2.24) is 15.0 Å². The van der Waals surface area contributed by atoms with Crippen LogP contribution in [-0.2, 0) is 10.0 Å². The molecule has 0 unspecified atom stereocenters. The summed E-state index contributed by atoms with van der Waals surface area (Å²) in [4.78, 5) is 15.9. The molecular formula is C15H17N3O4S. The summed E-state index contributed by atoms with van der Waals surface area (Å²) < 4.78 is 26.9. The summed E-state index contributed by atoms with van der Waals surface area (Å²) in [7, 11) is -3.99. The molecule has 122 valence electrons. The lowest BCUT2D eigenvalue weighted by Crippen LogP contribution is -2.43. The molecule has 2 aromatic rings. The first-order chi connectivity index (χ1) is 11.0. The molecule has 1 heterocycles. The van der Waals surface area contributed by atoms with Gasteiger partial charge in [0.1, 0.15) is 0 Å². The van der Waals surface area contributed by atoms with Gasteiger partial charge in [-0.15, -0.1) is 0 Å². The van der Waals surface area contributed by atoms with E-state index in [1.54, 1.807) is 24.4 Å². The predicted molar refractivity (Wildman–Crippen MR) is 84.2 cm³/mol. The number of nitrogens with one attached hydrogen (secondary N) is 2. The topological polar surface area (TPSA) is 108 Å². The van der Waals surface area contributed by atoms with E-state index in [2.05, 4.69) is 10.3 Å². The number of aromatic nitrogens is 1. The van der Waals surface area contributed by atoms with Crippen molar-refractivity contribution in [3.8, 4) is 0 Å². The second-order valence-corrected chi connectivity index (χ2v) is 7.25. The maximum absolute atomic E-state index is 12.5. The van der Waals surface area contributed by atoms with Crippen molar-refractivity contribution in [3.63, 3.8) is 0 Å². The Hall–Kier alpha value is -2.19. The van der Waals surface area contributed by atoms with Gasteiger partial charge in [0.2, 0.25) is 0 Å². The van der Waals surface area contributed by atoms with Gasteiger partial charge < -0.3 is 10.4 Å². The average Bonchev–Trinajstić information content (AvgIpc) is 2.91. The highest BCUT2D eigenvalue weighted by Crippen LogP contribution is 2.22. The number of urea groups is 1. The van der Waals surface area contributed by atoms with Gasteiger partial charge in [0.15, 0.2) is 0 Å². The van der Waals surface area contributed by atoms with E-state index in [1.807, 2.05) is 4.72 Å². The van der Waals surface area contributed by atoms with E-state index in [4.69, 9.17) is 0 Å². The van der Waals surface area contributed by atoms with Gasteiger partial charge in [-0.05, 0) is 31.4 Å². The standard InChI is InChI=1S/C15H17N3O4S/c19-12-5-4-11(8-12)17-15(20)18-23(21,22)14-3-1-2-10-9-16-7-6-13(10)14/h1-3,6-7,9,11-12,19H,4-5,8H2,(H2,17,18,20)/t11-,12+/m0/s1. The smallest absolute Gasteiger partial charge is 0.328 e. The number of carbonyl (C=O) groups is 1. The Morgan fingerprint density at radius 1 is 1.26 bits per heavy atom. The van der Waals surface area contributed by atoms with Crippen LogP contribution < -0.4 is 10.0 Å². The molecule has 1 aromatic carbocycles. The number of carbonyl (C=O) groups excluding carboxylic acids is 1. The van der Waals surface area contributed by atoms with Crippen molar-refractivity contribution in [2.24, 2.45) is 0 Å². The highest BCUT2D eigenvalue weighted by atomic mass is 32.2. The number of hydrogen-bond acceptors (Lipinski definition) is 5. The fraction of sp³-hybridized carbons (Fsp3) is 0.333. The first-order valence-electron chi connectivity index (χ1n) is 7.30. The number of fused-ring (bicyclic) bond motifs is 1. The molecule has 3 rings (SSSR count). The van der Waals surface area contributed by atoms with Crippen LogP contribution in [0.15, 0.2) is 41.6 Å². The summed E-state index contributed by atoms with van der Waals surface area (Å²) in [6.45, 7) is 0. The molecular weight excluding hydrogens is 318 g/mol. The van der Waals surface area contributed by atoms with Gasteiger partial charge in [-0.1, -0.05) is 12.1 Å². The normalized spacial score (nSPS) is 21.3. The van der Waals surface area contributed by atoms with Crippen molar-refractivity contribution in [1.29, 1.82) is 0 Å². The van der Waals surface area contributed by atoms with E-state index >= 15 is 0 Å². The summed E-state index contributed by atoms with van der Waals surface area (Å²) in [5.41, 5.74) is 0. The van der Waals surface area contributed by atoms with Crippen LogP contribution in [-0.4, -0.2) is 36.7 Å². The molecule has 1 aliphatic rings. The molecule has 0 spiro atoms. The molecule has 1 aliphatic carbocycles. The zero-order chi connectivity index (χ0) is 16.4. The largest absolute Gasteiger partial charge is 0.393 e. The Morgan fingerprint density at radius 3 is 2.83 bits per heavy atom. The summed E-state index contributed by atoms with van der Waals surface area (Å²) in [6, 6.07) is 5.39. The number of nitrogens with zero attached hydrogens (tertiary/aromatic N) is 1. The molecule has 2 atom stereocenters. The molecule has 0 radical (unpaired) electrons. The second kappa shape index (κ2) is 6.13. The third-order valence-corrected chi connectivity index (χ3v) is 5.29. The quantitative estimate of drug-likeness (QED) is 0.779. The minimum atomic E-state index is -3.99. The van der Waals surface area contributed by atoms with Gasteiger partial charge in [0.05, 0.1) is 11.0 Å². The van der Waals surface area contributed by atoms with Crippen LogP contribution in [0.25, 0.3) is 10.8 Å². The highest BCUT2D eigenvalue weighted by Gasteiger charge is 2.26. The lowest BCUT2D eigenvalue weighted by atomic mass is 10.2. The van der Waals surface area contributed by atoms with Crippen molar-refractivity contribution < 1.29 is 18.3 Å². The molecule has 2 amide bonds. The first kappa shape index (κ1) is 15.7. The number of rotatable bonds is 3. The van der Waals surface area contributed by atoms with Gasteiger partial charge in [0, 0.05) is 29.2 Å². The summed E-state index contributed by atoms with van der Waals surface area (Å²) >= 11 is 0. The van der Waals surface area contributed by atoms with Crippen LogP contribution in [0.3, 0.4) is 0 Å². The van der Waals surface area contributed by atoms with Gasteiger partial charge >= 0.3 is 6.03 Å². The molecule has 0 aliphatic heterocycles. The number of sulfonamides is 1. The van der Waals surface area contributed by atoms with Crippen LogP contribution in [0.4, 0.5) is 4.79 Å². The SMILES string of the molecule is O=C(N[C@H]1CC[C@@H](O)C1)NS(=O)(=O)c1cccc2cnccc12. The lowest BCUT2D eigenvalue weighted by molar-refractivity contribution is 0.179. The van der Waals surface area contributed by atoms with Crippen LogP contribution in [0, 0.1) is 0 Å². The van der Waals surface area contributed by atoms with E-state index < -0.39 is 22.2 Å². The van der Waals surface area contributed by atoms with E-state index in [0.29, 0.717) is 30.0 Å². The van der Waals surface area contributed by atoms with Crippen molar-refractivity contribution in [3.05, 3.63) is 36.7 Å². The van der Waals surface area contributed by atoms with Crippen LogP contribution in [0.1, 0.15) is 19.3 Å². The molecule has 8 heteroatoms. The van der Waals surface area contributed by atoms with Gasteiger partial charge in [-0.3, -0.25) is 4.98 Å². The fourth-order valence-corrected chi connectivity index (χ4v) is 3.95. The maximum atomic E-state index is 12.5. The number of amides is 2. The zero-order valence-electron chi connectivity index (χ0n) is 12.3. The number of aliphatic hydroxyl groups excluding tert-OH is 1. The Kier molecular flexibility index (Phi) is 4.18. The zero-order valence-corrected chi connectivity index (χ0v) is 13.1. The van der Waals surface area contributed by atoms with E-state index in [-0.39, 0.29) is 10.9 Å². The number of pyridine rings is 1. The van der Waals surface area contributed by atoms with Crippen LogP contribution in [0.2, 0.25) is 0 Å². The monoisotopic (exact) mass is 335 g/mol. The summed E-state index contributed by atoms with van der Waals surface area (Å²) in [6.07, 6.45) is 4.30. The Balaban J connectivity index is 1.79. The number of hydrogen-bond donors (Lipinski definition) is 3. The highest BCUT2D eigenvalue weighted by molar-refractivity contribution is 7.90. The molecule has 0 bridgehead atoms.